The van der Waals surface area contributed by atoms with E-state index in [1.54, 1.807) is 0 Å². The number of rotatable bonds is 9. The van der Waals surface area contributed by atoms with E-state index in [9.17, 15) is 0 Å². The van der Waals surface area contributed by atoms with Crippen molar-refractivity contribution in [3.05, 3.63) is 434 Å². The zero-order chi connectivity index (χ0) is 96.0. The molecule has 144 heavy (non-hydrogen) atoms. The van der Waals surface area contributed by atoms with Gasteiger partial charge in [-0.05, 0) is 142 Å². The summed E-state index contributed by atoms with van der Waals surface area (Å²) in [7, 11) is 0. The van der Waals surface area contributed by atoms with Crippen LogP contribution in [-0.4, -0.2) is 44.9 Å². The maximum atomic E-state index is 6.51. The summed E-state index contributed by atoms with van der Waals surface area (Å²) in [6.07, 6.45) is 0. The van der Waals surface area contributed by atoms with Gasteiger partial charge in [0.05, 0.1) is 34.1 Å². The Hall–Kier alpha value is -18.8. The van der Waals surface area contributed by atoms with Gasteiger partial charge in [-0.1, -0.05) is 333 Å². The fourth-order valence-corrected chi connectivity index (χ4v) is 22.2. The molecule has 30 rings (SSSR count). The number of para-hydroxylation sites is 9. The summed E-state index contributed by atoms with van der Waals surface area (Å²) in [4.78, 5) is 53.2. The van der Waals surface area contributed by atoms with Gasteiger partial charge in [-0.3, -0.25) is 14.7 Å². The van der Waals surface area contributed by atoms with E-state index in [4.69, 9.17) is 71.7 Å². The zero-order valence-corrected chi connectivity index (χ0v) is 78.9. The van der Waals surface area contributed by atoms with Gasteiger partial charge in [-0.15, -0.1) is 0 Å². The number of aromatic nitrogens is 9. The predicted molar refractivity (Wildman–Crippen MR) is 574 cm³/mol. The topological polar surface area (TPSA) is 201 Å². The van der Waals surface area contributed by atoms with E-state index in [0.717, 1.165) is 177 Å². The molecule has 8 aromatic heterocycles. The Labute approximate surface area is 825 Å². The van der Waals surface area contributed by atoms with Crippen molar-refractivity contribution in [3.63, 3.8) is 0 Å². The first kappa shape index (κ1) is 83.4. The highest BCUT2D eigenvalue weighted by Gasteiger charge is 2.45. The molecule has 18 aromatic carbocycles. The molecule has 1 aliphatic carbocycles. The first-order valence-corrected chi connectivity index (χ1v) is 48.4. The summed E-state index contributed by atoms with van der Waals surface area (Å²) in [5, 5.41) is 10.2. The lowest BCUT2D eigenvalue weighted by Crippen LogP contribution is -2.32. The van der Waals surface area contributed by atoms with Crippen molar-refractivity contribution in [1.29, 1.82) is 0 Å². The van der Waals surface area contributed by atoms with Gasteiger partial charge in [0, 0.05) is 116 Å². The lowest BCUT2D eigenvalue weighted by atomic mass is 9.72. The second-order valence-corrected chi connectivity index (χ2v) is 38.6. The SMILES string of the molecule is CC1(C)c2ccccc2-c2cc3c(cc21)N(c1nc(-c2ccccc2)nc(-c2cccc4oc5ccccc5c24)n1)c1ccccc1C3(C)C.CC1(C)c2ccccc2N(c2nc(-c3ccccc3)nc(-c3cccc4oc5ccccc5c34)n2)c2cc3oc4ccccc4c3cc21.c1ccc(-c2nc(-c3cccc4oc5ccccc5c34)nc(N3c4ccccc4Oc4cc5c(cc43)oc3ccccc35)n2)cc1. The molecule has 18 heteroatoms. The maximum absolute atomic E-state index is 6.51. The summed E-state index contributed by atoms with van der Waals surface area (Å²) in [6, 6.07) is 136. The smallest absolute Gasteiger partial charge is 0.239 e. The minimum atomic E-state index is -0.297. The molecular weight excluding hydrogens is 1780 g/mol. The Morgan fingerprint density at radius 2 is 0.493 bits per heavy atom. The maximum Gasteiger partial charge on any atom is 0.239 e. The van der Waals surface area contributed by atoms with Crippen molar-refractivity contribution < 1.29 is 26.8 Å². The minimum absolute atomic E-state index is 0.162. The average molecular weight is 1860 g/mol. The second kappa shape index (κ2) is 32.1. The molecule has 4 aliphatic rings. The molecule has 0 N–H and O–H groups in total. The molecule has 0 saturated carbocycles. The number of fused-ring (bicyclic) bond motifs is 24. The standard InChI is InChI=1S/C45H34N4O.C42H28N4O2.C39H22N4O3/c1-44(2)32-20-10-8-17-28(32)31-25-35-37(26-34(31)44)49(36-22-12-11-21-33(36)45(35,3)4)43-47-41(27-15-6-5-7-16-27)46-42(48-43)30-19-14-24-39-40(30)29-18-9-13-23-38(29)50-39;1-42(2)30-18-8-9-19-32(30)46(33-24-37-29(23-31(33)42)26-15-6-10-20-34(26)48-37)41-44-39(25-13-4-3-5-14-25)43-40(45-41)28-17-12-22-36-38(28)27-16-7-11-21-35(27)47-36;1-2-11-23(12-3-1)37-40-38(26-15-10-20-33-36(26)25-14-5-8-18-31(25)44-33)42-39(41-37)43-28-16-6-9-19-32(28)46-35-21-27-24-13-4-7-17-30(24)45-34(27)22-29(35)43/h5-26H,1-4H3;3-24H,1-2H3;1-22H. The van der Waals surface area contributed by atoms with Gasteiger partial charge in [0.2, 0.25) is 17.8 Å². The molecule has 3 aliphatic heterocycles. The molecule has 684 valence electrons. The largest absolute Gasteiger partial charge is 0.456 e. The molecule has 0 spiro atoms. The van der Waals surface area contributed by atoms with Gasteiger partial charge < -0.3 is 26.8 Å². The lowest BCUT2D eigenvalue weighted by Gasteiger charge is -2.41. The van der Waals surface area contributed by atoms with Crippen LogP contribution in [0.2, 0.25) is 0 Å². The molecule has 0 saturated heterocycles. The van der Waals surface area contributed by atoms with Crippen molar-refractivity contribution in [2.45, 2.75) is 57.8 Å². The number of anilines is 9. The van der Waals surface area contributed by atoms with Gasteiger partial charge in [0.25, 0.3) is 0 Å². The number of furan rings is 5. The predicted octanol–water partition coefficient (Wildman–Crippen LogP) is 33.2. The van der Waals surface area contributed by atoms with Crippen LogP contribution in [0.25, 0.3) is 189 Å². The van der Waals surface area contributed by atoms with Crippen molar-refractivity contribution in [2.24, 2.45) is 0 Å². The van der Waals surface area contributed by atoms with Gasteiger partial charge in [0.15, 0.2) is 46.4 Å². The van der Waals surface area contributed by atoms with Crippen LogP contribution in [0.5, 0.6) is 11.5 Å². The van der Waals surface area contributed by atoms with Crippen molar-refractivity contribution >= 4 is 162 Å². The molecule has 0 bridgehead atoms. The van der Waals surface area contributed by atoms with Gasteiger partial charge in [-0.25, -0.2) is 15.0 Å². The molecule has 26 aromatic rings. The van der Waals surface area contributed by atoms with Gasteiger partial charge in [0.1, 0.15) is 55.8 Å². The third kappa shape index (κ3) is 13.1. The van der Waals surface area contributed by atoms with E-state index in [2.05, 4.69) is 209 Å². The Kier molecular flexibility index (Phi) is 18.6. The first-order chi connectivity index (χ1) is 70.6. The van der Waals surface area contributed by atoms with Crippen LogP contribution in [0, 0.1) is 0 Å². The van der Waals surface area contributed by atoms with E-state index in [0.29, 0.717) is 64.3 Å². The summed E-state index contributed by atoms with van der Waals surface area (Å²) < 4.78 is 38.1. The van der Waals surface area contributed by atoms with Gasteiger partial charge >= 0.3 is 0 Å². The number of benzene rings is 18. The number of nitrogens with zero attached hydrogens (tertiary/aromatic N) is 12. The quantitative estimate of drug-likeness (QED) is 0.132. The third-order valence-electron chi connectivity index (χ3n) is 29.2. The summed E-state index contributed by atoms with van der Waals surface area (Å²) in [5.74, 6) is 6.44. The molecule has 18 nitrogen and oxygen atoms in total. The van der Waals surface area contributed by atoms with E-state index in [1.807, 2.05) is 248 Å². The van der Waals surface area contributed by atoms with E-state index >= 15 is 0 Å². The Balaban J connectivity index is 0.000000105. The van der Waals surface area contributed by atoms with Crippen LogP contribution in [0.4, 0.5) is 52.0 Å². The highest BCUT2D eigenvalue weighted by Crippen LogP contribution is 2.60. The Morgan fingerprint density at radius 1 is 0.181 bits per heavy atom. The van der Waals surface area contributed by atoms with E-state index in [-0.39, 0.29) is 16.2 Å². The summed E-state index contributed by atoms with van der Waals surface area (Å²) >= 11 is 0. The fraction of sp³-hybridized carbons (Fsp3) is 0.0714. The van der Waals surface area contributed by atoms with E-state index in [1.165, 1.54) is 44.5 Å². The van der Waals surface area contributed by atoms with Crippen molar-refractivity contribution in [2.75, 3.05) is 14.7 Å². The normalized spacial score (nSPS) is 13.8. The summed E-state index contributed by atoms with van der Waals surface area (Å²) in [5.41, 5.74) is 28.6. The molecule has 0 radical (unpaired) electrons. The number of hydrogen-bond acceptors (Lipinski definition) is 18. The number of ether oxygens (including phenoxy) is 1. The molecule has 11 heterocycles. The minimum Gasteiger partial charge on any atom is -0.456 e. The third-order valence-corrected chi connectivity index (χ3v) is 29.2. The van der Waals surface area contributed by atoms with E-state index < -0.39 is 0 Å². The average Bonchev–Trinajstić information content (AvgIpc) is 1.33. The monoisotopic (exact) mass is 1860 g/mol. The Morgan fingerprint density at radius 3 is 0.944 bits per heavy atom. The lowest BCUT2D eigenvalue weighted by molar-refractivity contribution is 0.477. The van der Waals surface area contributed by atoms with Crippen LogP contribution in [0.15, 0.2) is 422 Å². The highest BCUT2D eigenvalue weighted by atomic mass is 16.5. The molecular formula is C126H84N12O6. The number of hydrogen-bond donors (Lipinski definition) is 0. The highest BCUT2D eigenvalue weighted by molar-refractivity contribution is 6.16. The molecule has 0 unspecified atom stereocenters. The molecule has 0 fully saturated rings. The van der Waals surface area contributed by atoms with Crippen molar-refractivity contribution in [1.82, 2.24) is 44.9 Å². The van der Waals surface area contributed by atoms with Crippen LogP contribution in [0.1, 0.15) is 74.9 Å². The molecule has 0 amide bonds. The summed E-state index contributed by atoms with van der Waals surface area (Å²) in [6.45, 7) is 13.9. The van der Waals surface area contributed by atoms with Gasteiger partial charge in [-0.2, -0.15) is 29.9 Å². The van der Waals surface area contributed by atoms with Crippen molar-refractivity contribution in [3.8, 4) is 91.0 Å². The zero-order valence-electron chi connectivity index (χ0n) is 78.9. The van der Waals surface area contributed by atoms with Crippen LogP contribution < -0.4 is 19.4 Å². The Bertz CT molecular complexity index is 9810. The van der Waals surface area contributed by atoms with Crippen LogP contribution in [-0.2, 0) is 16.2 Å². The van der Waals surface area contributed by atoms with Crippen LogP contribution >= 0.6 is 0 Å². The van der Waals surface area contributed by atoms with Crippen LogP contribution in [0.3, 0.4) is 0 Å². The fourth-order valence-electron chi connectivity index (χ4n) is 22.2. The second-order valence-electron chi connectivity index (χ2n) is 38.6. The first-order valence-electron chi connectivity index (χ1n) is 48.4. The molecule has 0 atom stereocenters.